The van der Waals surface area contributed by atoms with Crippen LogP contribution in [0.15, 0.2) is 29.5 Å². The maximum Gasteiger partial charge on any atom is 0.271 e. The molecule has 0 N–H and O–H groups in total. The normalized spacial score (nSPS) is 18.5. The summed E-state index contributed by atoms with van der Waals surface area (Å²) in [6.07, 6.45) is 4.88. The van der Waals surface area contributed by atoms with Gasteiger partial charge in [0.1, 0.15) is 9.53 Å². The predicted octanol–water partition coefficient (Wildman–Crippen LogP) is 2.00. The van der Waals surface area contributed by atoms with Gasteiger partial charge in [-0.1, -0.05) is 0 Å². The second-order valence-corrected chi connectivity index (χ2v) is 6.69. The van der Waals surface area contributed by atoms with E-state index in [0.29, 0.717) is 23.4 Å². The third-order valence-corrected chi connectivity index (χ3v) is 5.25. The van der Waals surface area contributed by atoms with Gasteiger partial charge < -0.3 is 4.74 Å². The highest BCUT2D eigenvalue weighted by Gasteiger charge is 2.22. The molecule has 7 heteroatoms. The van der Waals surface area contributed by atoms with E-state index in [1.807, 2.05) is 12.1 Å². The number of Topliss-reactive ketones (excluding diaryl/α,β-unsaturated/α-hetero) is 1. The van der Waals surface area contributed by atoms with E-state index in [4.69, 9.17) is 4.74 Å². The average molecular weight is 329 g/mol. The van der Waals surface area contributed by atoms with Gasteiger partial charge in [-0.25, -0.2) is 9.97 Å². The molecule has 0 aliphatic carbocycles. The van der Waals surface area contributed by atoms with Gasteiger partial charge in [0.15, 0.2) is 5.78 Å². The van der Waals surface area contributed by atoms with Gasteiger partial charge in [0.05, 0.1) is 25.0 Å². The summed E-state index contributed by atoms with van der Waals surface area (Å²) in [5, 5.41) is 0.878. The Bertz CT molecular complexity index is 941. The number of carbonyl (C=O) groups is 1. The molecule has 0 bridgehead atoms. The minimum Gasteiger partial charge on any atom is -0.381 e. The molecule has 1 saturated heterocycles. The van der Waals surface area contributed by atoms with Gasteiger partial charge in [-0.3, -0.25) is 14.2 Å². The van der Waals surface area contributed by atoms with Crippen LogP contribution in [0, 0.1) is 5.92 Å². The van der Waals surface area contributed by atoms with E-state index in [2.05, 4.69) is 9.97 Å². The van der Waals surface area contributed by atoms with Gasteiger partial charge >= 0.3 is 0 Å². The maximum atomic E-state index is 12.6. The predicted molar refractivity (Wildman–Crippen MR) is 87.7 cm³/mol. The number of hydrogen-bond donors (Lipinski definition) is 0. The Morgan fingerprint density at radius 1 is 1.43 bits per heavy atom. The molecule has 118 valence electrons. The van der Waals surface area contributed by atoms with Crippen LogP contribution in [-0.4, -0.2) is 33.5 Å². The number of rotatable bonds is 3. The summed E-state index contributed by atoms with van der Waals surface area (Å²) in [4.78, 5) is 34.4. The quantitative estimate of drug-likeness (QED) is 0.735. The zero-order valence-corrected chi connectivity index (χ0v) is 13.2. The van der Waals surface area contributed by atoms with Crippen molar-refractivity contribution in [3.05, 3.63) is 35.0 Å². The van der Waals surface area contributed by atoms with E-state index in [9.17, 15) is 9.59 Å². The van der Waals surface area contributed by atoms with E-state index in [1.54, 1.807) is 6.20 Å². The van der Waals surface area contributed by atoms with E-state index >= 15 is 0 Å². The van der Waals surface area contributed by atoms with Gasteiger partial charge in [-0.2, -0.15) is 0 Å². The number of nitrogens with zero attached hydrogens (tertiary/aromatic N) is 3. The molecule has 0 spiro atoms. The summed E-state index contributed by atoms with van der Waals surface area (Å²) in [6.45, 7) is 1.22. The average Bonchev–Trinajstić information content (AvgIpc) is 2.98. The first-order valence-electron chi connectivity index (χ1n) is 7.57. The summed E-state index contributed by atoms with van der Waals surface area (Å²) < 4.78 is 7.30. The fraction of sp³-hybridized carbons (Fsp3) is 0.375. The van der Waals surface area contributed by atoms with Crippen LogP contribution in [0.5, 0.6) is 0 Å². The Balaban J connectivity index is 1.70. The molecule has 1 fully saturated rings. The van der Waals surface area contributed by atoms with Gasteiger partial charge in [-0.15, -0.1) is 11.3 Å². The molecule has 1 aliphatic heterocycles. The first kappa shape index (κ1) is 14.5. The number of pyridine rings is 1. The Morgan fingerprint density at radius 3 is 3.17 bits per heavy atom. The molecule has 1 atom stereocenters. The van der Waals surface area contributed by atoms with Crippen molar-refractivity contribution in [1.29, 1.82) is 0 Å². The monoisotopic (exact) mass is 329 g/mol. The zero-order chi connectivity index (χ0) is 15.8. The second kappa shape index (κ2) is 5.82. The first-order chi connectivity index (χ1) is 11.2. The van der Waals surface area contributed by atoms with Crippen molar-refractivity contribution in [2.45, 2.75) is 19.4 Å². The number of carbonyl (C=O) groups excluding carboxylic acids is 1. The molecule has 23 heavy (non-hydrogen) atoms. The lowest BCUT2D eigenvalue weighted by molar-refractivity contribution is -0.127. The summed E-state index contributed by atoms with van der Waals surface area (Å²) in [5.74, 6) is -0.0809. The molecule has 6 nitrogen and oxygen atoms in total. The number of hydrogen-bond acceptors (Lipinski definition) is 6. The number of aromatic nitrogens is 3. The van der Waals surface area contributed by atoms with Crippen LogP contribution in [0.4, 0.5) is 0 Å². The van der Waals surface area contributed by atoms with Crippen LogP contribution in [0.25, 0.3) is 20.4 Å². The highest BCUT2D eigenvalue weighted by atomic mass is 32.1. The van der Waals surface area contributed by atoms with E-state index in [-0.39, 0.29) is 23.8 Å². The Hall–Kier alpha value is -2.12. The lowest BCUT2D eigenvalue weighted by Gasteiger charge is -2.20. The molecule has 0 aromatic carbocycles. The van der Waals surface area contributed by atoms with E-state index in [0.717, 1.165) is 23.1 Å². The Labute approximate surface area is 135 Å². The van der Waals surface area contributed by atoms with Crippen molar-refractivity contribution in [3.8, 4) is 0 Å². The van der Waals surface area contributed by atoms with Crippen molar-refractivity contribution in [2.24, 2.45) is 5.92 Å². The molecule has 4 rings (SSSR count). The zero-order valence-electron chi connectivity index (χ0n) is 12.4. The van der Waals surface area contributed by atoms with Crippen LogP contribution in [-0.2, 0) is 16.1 Å². The van der Waals surface area contributed by atoms with Crippen molar-refractivity contribution >= 4 is 37.6 Å². The molecule has 0 saturated carbocycles. The fourth-order valence-corrected chi connectivity index (χ4v) is 3.95. The van der Waals surface area contributed by atoms with Crippen LogP contribution in [0.2, 0.25) is 0 Å². The summed E-state index contributed by atoms with van der Waals surface area (Å²) >= 11 is 1.32. The second-order valence-electron chi connectivity index (χ2n) is 5.69. The van der Waals surface area contributed by atoms with Crippen LogP contribution >= 0.6 is 11.3 Å². The third-order valence-electron chi connectivity index (χ3n) is 4.16. The lowest BCUT2D eigenvalue weighted by atomic mass is 9.97. The number of ketones is 1. The number of ether oxygens (including phenoxy) is 1. The lowest BCUT2D eigenvalue weighted by Crippen LogP contribution is -2.31. The summed E-state index contributed by atoms with van der Waals surface area (Å²) in [5.41, 5.74) is 0.482. The smallest absolute Gasteiger partial charge is 0.271 e. The fourth-order valence-electron chi connectivity index (χ4n) is 2.91. The van der Waals surface area contributed by atoms with E-state index < -0.39 is 0 Å². The van der Waals surface area contributed by atoms with Gasteiger partial charge in [0.25, 0.3) is 5.56 Å². The molecular formula is C16H15N3O3S. The van der Waals surface area contributed by atoms with Crippen LogP contribution in [0.3, 0.4) is 0 Å². The van der Waals surface area contributed by atoms with Crippen molar-refractivity contribution in [2.75, 3.05) is 13.2 Å². The first-order valence-corrected chi connectivity index (χ1v) is 8.39. The number of fused-ring (bicyclic) bond motifs is 3. The van der Waals surface area contributed by atoms with Crippen LogP contribution in [0.1, 0.15) is 12.8 Å². The summed E-state index contributed by atoms with van der Waals surface area (Å²) in [6, 6.07) is 3.73. The van der Waals surface area contributed by atoms with Gasteiger partial charge in [-0.05, 0) is 25.0 Å². The van der Waals surface area contributed by atoms with Gasteiger partial charge in [0, 0.05) is 24.1 Å². The largest absolute Gasteiger partial charge is 0.381 e. The van der Waals surface area contributed by atoms with Crippen molar-refractivity contribution in [1.82, 2.24) is 14.5 Å². The van der Waals surface area contributed by atoms with E-state index in [1.165, 1.54) is 22.2 Å². The van der Waals surface area contributed by atoms with Crippen molar-refractivity contribution in [3.63, 3.8) is 0 Å². The number of thiophene rings is 1. The van der Waals surface area contributed by atoms with Crippen LogP contribution < -0.4 is 5.56 Å². The topological polar surface area (TPSA) is 74.1 Å². The minimum atomic E-state index is -0.178. The molecule has 1 unspecified atom stereocenters. The third kappa shape index (κ3) is 2.55. The molecule has 0 radical (unpaired) electrons. The molecular weight excluding hydrogens is 314 g/mol. The van der Waals surface area contributed by atoms with Gasteiger partial charge in [0.2, 0.25) is 0 Å². The molecule has 3 aromatic heterocycles. The molecule has 4 heterocycles. The SMILES string of the molecule is O=C(Cn1cnc2c(sc3ncccc32)c1=O)C1CCCOC1. The summed E-state index contributed by atoms with van der Waals surface area (Å²) in [7, 11) is 0. The maximum absolute atomic E-state index is 12.6. The Morgan fingerprint density at radius 2 is 2.35 bits per heavy atom. The Kier molecular flexibility index (Phi) is 3.66. The van der Waals surface area contributed by atoms with Crippen molar-refractivity contribution < 1.29 is 9.53 Å². The standard InChI is InChI=1S/C16H15N3O3S/c20-12(10-3-2-6-22-8-10)7-19-9-18-13-11-4-1-5-17-15(11)23-14(13)16(19)21/h1,4-5,9-10H,2-3,6-8H2. The highest BCUT2D eigenvalue weighted by Crippen LogP contribution is 2.28. The minimum absolute atomic E-state index is 0.0344. The molecule has 1 aliphatic rings. The molecule has 3 aromatic rings. The highest BCUT2D eigenvalue weighted by molar-refractivity contribution is 7.25. The molecule has 0 amide bonds.